The second-order valence-corrected chi connectivity index (χ2v) is 7.60. The Kier molecular flexibility index (Phi) is 9.30. The second kappa shape index (κ2) is 10.7. The van der Waals surface area contributed by atoms with E-state index >= 15 is 0 Å². The summed E-state index contributed by atoms with van der Waals surface area (Å²) in [6, 6.07) is 3.10. The van der Waals surface area contributed by atoms with Crippen LogP contribution >= 0.6 is 16.1 Å². The topological polar surface area (TPSA) is 88.1 Å². The molecule has 0 bridgehead atoms. The van der Waals surface area contributed by atoms with Gasteiger partial charge < -0.3 is 18.5 Å². The van der Waals surface area contributed by atoms with E-state index in [9.17, 15) is 13.9 Å². The molecule has 0 N–H and O–H groups in total. The molecule has 0 saturated heterocycles. The maximum Gasteiger partial charge on any atom is 0.367 e. The minimum atomic E-state index is -3.37. The smallest absolute Gasteiger partial charge is 0.367 e. The summed E-state index contributed by atoms with van der Waals surface area (Å²) in [6.07, 6.45) is -0.0371. The van der Waals surface area contributed by atoms with Gasteiger partial charge in [0.25, 0.3) is 0 Å². The quantitative estimate of drug-likeness (QED) is 0.420. The lowest BCUT2D eigenvalue weighted by Gasteiger charge is -2.19. The van der Waals surface area contributed by atoms with E-state index in [-0.39, 0.29) is 42.6 Å². The van der Waals surface area contributed by atoms with E-state index in [2.05, 4.69) is 0 Å². The molecule has 0 aliphatic rings. The van der Waals surface area contributed by atoms with Crippen molar-refractivity contribution in [3.8, 4) is 5.75 Å². The average molecular weight is 391 g/mol. The summed E-state index contributed by atoms with van der Waals surface area (Å²) in [4.78, 5) is 12.1. The average Bonchev–Trinajstić information content (AvgIpc) is 2.56. The van der Waals surface area contributed by atoms with Gasteiger partial charge in [-0.15, -0.1) is 0 Å². The molecule has 0 aromatic heterocycles. The Labute approximate surface area is 149 Å². The Morgan fingerprint density at radius 3 is 2.16 bits per heavy atom. The first-order valence-corrected chi connectivity index (χ1v) is 10.8. The highest BCUT2D eigenvalue weighted by Gasteiger charge is 2.31. The first-order valence-electron chi connectivity index (χ1n) is 8.18. The highest BCUT2D eigenvalue weighted by atomic mass is 31.2. The third-order valence-corrected chi connectivity index (χ3v) is 5.87. The number of hydrogen-bond acceptors (Lipinski definition) is 7. The van der Waals surface area contributed by atoms with Gasteiger partial charge in [-0.2, -0.15) is 0 Å². The van der Waals surface area contributed by atoms with Gasteiger partial charge in [0, 0.05) is 5.56 Å². The van der Waals surface area contributed by atoms with Gasteiger partial charge in [0.2, 0.25) is 5.30 Å². The van der Waals surface area contributed by atoms with E-state index < -0.39 is 22.0 Å². The van der Waals surface area contributed by atoms with Crippen molar-refractivity contribution in [2.75, 3.05) is 26.4 Å². The molecule has 0 amide bonds. The van der Waals surface area contributed by atoms with E-state index in [0.29, 0.717) is 12.2 Å². The van der Waals surface area contributed by atoms with Crippen LogP contribution in [0.25, 0.3) is 0 Å². The lowest BCUT2D eigenvalue weighted by Crippen LogP contribution is -2.18. The zero-order valence-electron chi connectivity index (χ0n) is 15.0. The lowest BCUT2D eigenvalue weighted by atomic mass is 10.1. The molecule has 1 atom stereocenters. The molecule has 1 aromatic carbocycles. The third-order valence-electron chi connectivity index (χ3n) is 3.14. The molecule has 0 aliphatic carbocycles. The molecule has 0 saturated carbocycles. The molecule has 0 heterocycles. The molecule has 140 valence electrons. The maximum absolute atomic E-state index is 12.8. The molecule has 0 fully saturated rings. The van der Waals surface area contributed by atoms with Crippen molar-refractivity contribution in [1.29, 1.82) is 0 Å². The lowest BCUT2D eigenvalue weighted by molar-refractivity contribution is 0.0527. The molecular formula is C16H25O7P2+. The Balaban J connectivity index is 3.38. The standard InChI is InChI=1S/C16H24O7P2/c1-5-20-14-12(11-25(19,22-7-3)23-8-4)9-10-13(15(14)24-18)16(17)21-6-2/h9-10H,5-8,11H2,1-4H3/p+1. The first-order chi connectivity index (χ1) is 12.0. The minimum Gasteiger partial charge on any atom is -0.489 e. The fraction of sp³-hybridized carbons (Fsp3) is 0.562. The molecule has 25 heavy (non-hydrogen) atoms. The summed E-state index contributed by atoms with van der Waals surface area (Å²) in [6.45, 7) is 7.88. The zero-order chi connectivity index (χ0) is 18.9. The largest absolute Gasteiger partial charge is 0.489 e. The van der Waals surface area contributed by atoms with Gasteiger partial charge in [-0.3, -0.25) is 4.57 Å². The van der Waals surface area contributed by atoms with Crippen molar-refractivity contribution in [1.82, 2.24) is 0 Å². The Hall–Kier alpha value is -1.26. The summed E-state index contributed by atoms with van der Waals surface area (Å²) >= 11 is 0. The Morgan fingerprint density at radius 2 is 1.68 bits per heavy atom. The van der Waals surface area contributed by atoms with Crippen LogP contribution in [-0.2, 0) is 29.1 Å². The fourth-order valence-corrected chi connectivity index (χ4v) is 4.60. The number of carbonyl (C=O) groups excluding carboxylic acids is 1. The van der Waals surface area contributed by atoms with Crippen LogP contribution in [-0.4, -0.2) is 32.4 Å². The number of carbonyl (C=O) groups is 1. The van der Waals surface area contributed by atoms with Crippen molar-refractivity contribution in [3.05, 3.63) is 23.3 Å². The van der Waals surface area contributed by atoms with Crippen LogP contribution in [0.4, 0.5) is 0 Å². The summed E-state index contributed by atoms with van der Waals surface area (Å²) in [5.74, 6) is -0.313. The molecule has 9 heteroatoms. The molecule has 1 unspecified atom stereocenters. The van der Waals surface area contributed by atoms with Crippen LogP contribution in [0.5, 0.6) is 5.75 Å². The number of ether oxygens (including phenoxy) is 2. The van der Waals surface area contributed by atoms with Gasteiger partial charge in [-0.05, 0) is 33.8 Å². The molecule has 1 rings (SSSR count). The van der Waals surface area contributed by atoms with E-state index in [1.807, 2.05) is 0 Å². The number of esters is 1. The van der Waals surface area contributed by atoms with Crippen LogP contribution in [0.1, 0.15) is 43.6 Å². The summed E-state index contributed by atoms with van der Waals surface area (Å²) in [7, 11) is -4.30. The van der Waals surface area contributed by atoms with Crippen molar-refractivity contribution in [2.45, 2.75) is 33.9 Å². The predicted octanol–water partition coefficient (Wildman–Crippen LogP) is 3.68. The zero-order valence-corrected chi connectivity index (χ0v) is 16.9. The number of rotatable bonds is 11. The maximum atomic E-state index is 12.8. The molecule has 1 aromatic rings. The highest BCUT2D eigenvalue weighted by Crippen LogP contribution is 2.52. The molecule has 0 radical (unpaired) electrons. The molecular weight excluding hydrogens is 366 g/mol. The molecule has 0 aliphatic heterocycles. The van der Waals surface area contributed by atoms with Crippen molar-refractivity contribution < 1.29 is 32.4 Å². The SMILES string of the molecule is CCOC(=O)c1ccc(CP(=O)(OCC)OCC)c(OCC)c1[PH+]=O. The van der Waals surface area contributed by atoms with Gasteiger partial charge >= 0.3 is 22.0 Å². The summed E-state index contributed by atoms with van der Waals surface area (Å²) in [5.41, 5.74) is 0.684. The minimum absolute atomic E-state index is 0.0371. The van der Waals surface area contributed by atoms with Gasteiger partial charge in [-0.1, -0.05) is 10.6 Å². The monoisotopic (exact) mass is 391 g/mol. The second-order valence-electron chi connectivity index (χ2n) is 4.84. The Morgan fingerprint density at radius 1 is 1.04 bits per heavy atom. The van der Waals surface area contributed by atoms with E-state index in [4.69, 9.17) is 18.5 Å². The highest BCUT2D eigenvalue weighted by molar-refractivity contribution is 7.53. The number of hydrogen-bond donors (Lipinski definition) is 0. The van der Waals surface area contributed by atoms with E-state index in [1.54, 1.807) is 33.8 Å². The van der Waals surface area contributed by atoms with Gasteiger partial charge in [-0.25, -0.2) is 4.79 Å². The van der Waals surface area contributed by atoms with Crippen LogP contribution in [0.15, 0.2) is 12.1 Å². The molecule has 0 spiro atoms. The predicted molar refractivity (Wildman–Crippen MR) is 96.8 cm³/mol. The molecule has 7 nitrogen and oxygen atoms in total. The van der Waals surface area contributed by atoms with E-state index in [1.165, 1.54) is 6.07 Å². The van der Waals surface area contributed by atoms with Crippen molar-refractivity contribution in [2.24, 2.45) is 0 Å². The third kappa shape index (κ3) is 5.89. The number of benzene rings is 1. The Bertz CT molecular complexity index is 636. The summed E-state index contributed by atoms with van der Waals surface area (Å²) in [5, 5.41) is 0.220. The first kappa shape index (κ1) is 21.8. The summed E-state index contributed by atoms with van der Waals surface area (Å²) < 4.78 is 45.7. The van der Waals surface area contributed by atoms with Crippen LogP contribution < -0.4 is 10.0 Å². The van der Waals surface area contributed by atoms with Crippen LogP contribution in [0, 0.1) is 0 Å². The van der Waals surface area contributed by atoms with Gasteiger partial charge in [0.05, 0.1) is 32.6 Å². The van der Waals surface area contributed by atoms with Crippen LogP contribution in [0.2, 0.25) is 0 Å². The fourth-order valence-electron chi connectivity index (χ4n) is 2.27. The van der Waals surface area contributed by atoms with Crippen molar-refractivity contribution >= 4 is 27.3 Å². The van der Waals surface area contributed by atoms with Gasteiger partial charge in [0.15, 0.2) is 5.75 Å². The van der Waals surface area contributed by atoms with Crippen molar-refractivity contribution in [3.63, 3.8) is 0 Å². The van der Waals surface area contributed by atoms with Crippen LogP contribution in [0.3, 0.4) is 0 Å². The van der Waals surface area contributed by atoms with Gasteiger partial charge in [0.1, 0.15) is 5.56 Å². The van der Waals surface area contributed by atoms with E-state index in [0.717, 1.165) is 0 Å². The normalized spacial score (nSPS) is 11.5.